The highest BCUT2D eigenvalue weighted by atomic mass is 16.4. The Labute approximate surface area is 123 Å². The first-order chi connectivity index (χ1) is 10.2. The Bertz CT molecular complexity index is 552. The van der Waals surface area contributed by atoms with Crippen molar-refractivity contribution in [3.05, 3.63) is 29.8 Å². The second-order valence-electron chi connectivity index (χ2n) is 5.84. The first-order valence-corrected chi connectivity index (χ1v) is 7.57. The molecule has 1 aromatic rings. The summed E-state index contributed by atoms with van der Waals surface area (Å²) in [5.41, 5.74) is 1.64. The lowest BCUT2D eigenvalue weighted by atomic mass is 9.96. The van der Waals surface area contributed by atoms with Crippen LogP contribution >= 0.6 is 0 Å². The van der Waals surface area contributed by atoms with Crippen molar-refractivity contribution in [2.24, 2.45) is 0 Å². The highest BCUT2D eigenvalue weighted by Gasteiger charge is 2.38. The number of hydrogen-bond acceptors (Lipinski definition) is 2. The van der Waals surface area contributed by atoms with E-state index in [1.807, 2.05) is 24.3 Å². The van der Waals surface area contributed by atoms with Gasteiger partial charge in [0.1, 0.15) is 6.04 Å². The largest absolute Gasteiger partial charge is 0.480 e. The molecule has 1 aliphatic heterocycles. The van der Waals surface area contributed by atoms with Crippen LogP contribution in [-0.4, -0.2) is 29.2 Å². The number of fused-ring (bicyclic) bond motifs is 1. The number of benzene rings is 1. The number of urea groups is 1. The van der Waals surface area contributed by atoms with Crippen LogP contribution in [0.3, 0.4) is 0 Å². The van der Waals surface area contributed by atoms with Crippen molar-refractivity contribution < 1.29 is 14.7 Å². The van der Waals surface area contributed by atoms with Crippen LogP contribution in [0.4, 0.5) is 10.5 Å². The molecule has 2 aliphatic rings. The van der Waals surface area contributed by atoms with Crippen LogP contribution in [0.25, 0.3) is 0 Å². The number of rotatable bonds is 2. The van der Waals surface area contributed by atoms with Gasteiger partial charge >= 0.3 is 12.0 Å². The second kappa shape index (κ2) is 5.76. The summed E-state index contributed by atoms with van der Waals surface area (Å²) < 4.78 is 0. The molecule has 5 nitrogen and oxygen atoms in total. The van der Waals surface area contributed by atoms with Gasteiger partial charge in [0.25, 0.3) is 0 Å². The summed E-state index contributed by atoms with van der Waals surface area (Å²) in [7, 11) is 0. The molecule has 5 heteroatoms. The van der Waals surface area contributed by atoms with Gasteiger partial charge in [-0.3, -0.25) is 4.90 Å². The summed E-state index contributed by atoms with van der Waals surface area (Å²) in [6.07, 6.45) is 5.83. The number of aliphatic carboxylic acids is 1. The summed E-state index contributed by atoms with van der Waals surface area (Å²) in [6.45, 7) is 0. The number of carbonyl (C=O) groups excluding carboxylic acids is 1. The van der Waals surface area contributed by atoms with Crippen molar-refractivity contribution in [3.63, 3.8) is 0 Å². The van der Waals surface area contributed by atoms with Gasteiger partial charge < -0.3 is 10.4 Å². The van der Waals surface area contributed by atoms with Crippen LogP contribution in [0.2, 0.25) is 0 Å². The smallest absolute Gasteiger partial charge is 0.327 e. The molecule has 0 saturated heterocycles. The van der Waals surface area contributed by atoms with E-state index in [1.165, 1.54) is 11.3 Å². The summed E-state index contributed by atoms with van der Waals surface area (Å²) in [5.74, 6) is -0.954. The second-order valence-corrected chi connectivity index (χ2v) is 5.84. The van der Waals surface area contributed by atoms with Crippen molar-refractivity contribution in [2.75, 3.05) is 4.90 Å². The lowest BCUT2D eigenvalue weighted by molar-refractivity contribution is -0.138. The predicted molar refractivity (Wildman–Crippen MR) is 79.5 cm³/mol. The molecule has 2 amide bonds. The first-order valence-electron chi connectivity index (χ1n) is 7.57. The van der Waals surface area contributed by atoms with Crippen LogP contribution in [-0.2, 0) is 11.2 Å². The maximum absolute atomic E-state index is 12.5. The van der Waals surface area contributed by atoms with Crippen molar-refractivity contribution in [1.82, 2.24) is 5.32 Å². The third kappa shape index (κ3) is 2.73. The highest BCUT2D eigenvalue weighted by Crippen LogP contribution is 2.32. The predicted octanol–water partition coefficient (Wildman–Crippen LogP) is 2.54. The van der Waals surface area contributed by atoms with Crippen LogP contribution in [0.1, 0.15) is 37.7 Å². The van der Waals surface area contributed by atoms with Gasteiger partial charge in [-0.15, -0.1) is 0 Å². The van der Waals surface area contributed by atoms with Crippen molar-refractivity contribution in [3.8, 4) is 0 Å². The van der Waals surface area contributed by atoms with Gasteiger partial charge in [0, 0.05) is 18.2 Å². The van der Waals surface area contributed by atoms with E-state index >= 15 is 0 Å². The number of carbonyl (C=O) groups is 2. The number of anilines is 1. The third-order valence-corrected chi connectivity index (χ3v) is 4.41. The molecule has 1 fully saturated rings. The van der Waals surface area contributed by atoms with E-state index in [2.05, 4.69) is 5.32 Å². The molecule has 112 valence electrons. The Hall–Kier alpha value is -2.04. The van der Waals surface area contributed by atoms with Crippen molar-refractivity contribution >= 4 is 17.7 Å². The molecule has 1 aromatic carbocycles. The van der Waals surface area contributed by atoms with E-state index in [4.69, 9.17) is 0 Å². The number of nitrogens with zero attached hydrogens (tertiary/aromatic N) is 1. The van der Waals surface area contributed by atoms with Crippen LogP contribution < -0.4 is 10.2 Å². The maximum Gasteiger partial charge on any atom is 0.327 e. The number of carboxylic acids is 1. The molecule has 0 radical (unpaired) electrons. The summed E-state index contributed by atoms with van der Waals surface area (Å²) in [4.78, 5) is 25.4. The average Bonchev–Trinajstić information content (AvgIpc) is 2.88. The molecular weight excluding hydrogens is 268 g/mol. The Morgan fingerprint density at radius 1 is 1.14 bits per heavy atom. The zero-order valence-corrected chi connectivity index (χ0v) is 11.9. The molecule has 2 N–H and O–H groups in total. The standard InChI is InChI=1S/C16H20N2O3/c19-15(20)14-10-11-6-4-5-9-13(11)18(14)16(21)17-12-7-2-1-3-8-12/h4-6,9,12,14H,1-3,7-8,10H2,(H,17,21)(H,19,20). The number of para-hydroxylation sites is 1. The van der Waals surface area contributed by atoms with Gasteiger partial charge in [0.05, 0.1) is 0 Å². The van der Waals surface area contributed by atoms with Crippen molar-refractivity contribution in [1.29, 1.82) is 0 Å². The lowest BCUT2D eigenvalue weighted by Crippen LogP contribution is -2.51. The lowest BCUT2D eigenvalue weighted by Gasteiger charge is -2.28. The average molecular weight is 288 g/mol. The monoisotopic (exact) mass is 288 g/mol. The zero-order chi connectivity index (χ0) is 14.8. The quantitative estimate of drug-likeness (QED) is 0.878. The van der Waals surface area contributed by atoms with Crippen LogP contribution in [0.5, 0.6) is 0 Å². The van der Waals surface area contributed by atoms with E-state index in [1.54, 1.807) is 0 Å². The third-order valence-electron chi connectivity index (χ3n) is 4.41. The molecule has 1 aliphatic carbocycles. The van der Waals surface area contributed by atoms with E-state index in [0.29, 0.717) is 6.42 Å². The molecule has 1 saturated carbocycles. The first kappa shape index (κ1) is 13.9. The van der Waals surface area contributed by atoms with Crippen molar-refractivity contribution in [2.45, 2.75) is 50.6 Å². The molecule has 0 bridgehead atoms. The minimum Gasteiger partial charge on any atom is -0.480 e. The number of hydrogen-bond donors (Lipinski definition) is 2. The molecule has 21 heavy (non-hydrogen) atoms. The van der Waals surface area contributed by atoms with Crippen LogP contribution in [0, 0.1) is 0 Å². The molecule has 1 atom stereocenters. The number of carboxylic acid groups (broad SMARTS) is 1. The summed E-state index contributed by atoms with van der Waals surface area (Å²) >= 11 is 0. The van der Waals surface area contributed by atoms with Gasteiger partial charge in [-0.2, -0.15) is 0 Å². The molecule has 1 unspecified atom stereocenters. The fraction of sp³-hybridized carbons (Fsp3) is 0.500. The highest BCUT2D eigenvalue weighted by molar-refractivity contribution is 6.01. The zero-order valence-electron chi connectivity index (χ0n) is 11.9. The van der Waals surface area contributed by atoms with Gasteiger partial charge in [0.15, 0.2) is 0 Å². The summed E-state index contributed by atoms with van der Waals surface area (Å²) in [5, 5.41) is 12.4. The normalized spacial score (nSPS) is 21.9. The van der Waals surface area contributed by atoms with E-state index in [-0.39, 0.29) is 12.1 Å². The fourth-order valence-electron chi connectivity index (χ4n) is 3.33. The minimum absolute atomic E-state index is 0.174. The Morgan fingerprint density at radius 3 is 2.57 bits per heavy atom. The summed E-state index contributed by atoms with van der Waals surface area (Å²) in [6, 6.07) is 6.51. The molecule has 0 aromatic heterocycles. The Kier molecular flexibility index (Phi) is 3.82. The number of amides is 2. The fourth-order valence-corrected chi connectivity index (χ4v) is 3.33. The molecule has 3 rings (SSSR count). The molecule has 1 heterocycles. The SMILES string of the molecule is O=C(O)C1Cc2ccccc2N1C(=O)NC1CCCCC1. The minimum atomic E-state index is -0.954. The van der Waals surface area contributed by atoms with E-state index < -0.39 is 12.0 Å². The van der Waals surface area contributed by atoms with E-state index in [0.717, 1.165) is 36.9 Å². The van der Waals surface area contributed by atoms with Crippen LogP contribution in [0.15, 0.2) is 24.3 Å². The number of nitrogens with one attached hydrogen (secondary N) is 1. The van der Waals surface area contributed by atoms with Gasteiger partial charge in [-0.25, -0.2) is 9.59 Å². The Morgan fingerprint density at radius 2 is 1.86 bits per heavy atom. The van der Waals surface area contributed by atoms with Gasteiger partial charge in [0.2, 0.25) is 0 Å². The van der Waals surface area contributed by atoms with Gasteiger partial charge in [-0.05, 0) is 24.5 Å². The Balaban J connectivity index is 1.80. The topological polar surface area (TPSA) is 69.6 Å². The van der Waals surface area contributed by atoms with E-state index in [9.17, 15) is 14.7 Å². The molecule has 0 spiro atoms. The maximum atomic E-state index is 12.5. The van der Waals surface area contributed by atoms with Gasteiger partial charge in [-0.1, -0.05) is 37.5 Å². The molecular formula is C16H20N2O3.